The van der Waals surface area contributed by atoms with Crippen molar-refractivity contribution in [2.24, 2.45) is 0 Å². The topological polar surface area (TPSA) is 24.5 Å². The summed E-state index contributed by atoms with van der Waals surface area (Å²) in [5.74, 6) is -0.186. The SMILES string of the molecule is CCNCC1OCCN(C)C1c1cccc(F)c1. The molecule has 18 heavy (non-hydrogen) atoms. The van der Waals surface area contributed by atoms with Gasteiger partial charge in [0.25, 0.3) is 0 Å². The summed E-state index contributed by atoms with van der Waals surface area (Å²) in [6, 6.07) is 6.94. The third kappa shape index (κ3) is 3.07. The molecule has 4 heteroatoms. The van der Waals surface area contributed by atoms with Gasteiger partial charge >= 0.3 is 0 Å². The number of hydrogen-bond donors (Lipinski definition) is 1. The molecule has 0 amide bonds. The van der Waals surface area contributed by atoms with E-state index < -0.39 is 0 Å². The quantitative estimate of drug-likeness (QED) is 0.884. The molecule has 0 aliphatic carbocycles. The van der Waals surface area contributed by atoms with Crippen LogP contribution >= 0.6 is 0 Å². The van der Waals surface area contributed by atoms with Gasteiger partial charge in [-0.25, -0.2) is 4.39 Å². The van der Waals surface area contributed by atoms with E-state index >= 15 is 0 Å². The number of nitrogens with one attached hydrogen (secondary N) is 1. The molecular formula is C14H21FN2O. The third-order valence-electron chi connectivity index (χ3n) is 3.39. The average molecular weight is 252 g/mol. The highest BCUT2D eigenvalue weighted by Crippen LogP contribution is 2.28. The minimum Gasteiger partial charge on any atom is -0.374 e. The highest BCUT2D eigenvalue weighted by Gasteiger charge is 2.31. The van der Waals surface area contributed by atoms with Crippen molar-refractivity contribution < 1.29 is 9.13 Å². The molecule has 100 valence electrons. The van der Waals surface area contributed by atoms with Crippen LogP contribution in [0.5, 0.6) is 0 Å². The Kier molecular flexibility index (Phi) is 4.69. The van der Waals surface area contributed by atoms with Gasteiger partial charge < -0.3 is 10.1 Å². The smallest absolute Gasteiger partial charge is 0.123 e. The maximum atomic E-state index is 13.4. The zero-order valence-electron chi connectivity index (χ0n) is 11.0. The average Bonchev–Trinajstić information content (AvgIpc) is 2.36. The fourth-order valence-corrected chi connectivity index (χ4v) is 2.48. The molecule has 1 fully saturated rings. The van der Waals surface area contributed by atoms with Gasteiger partial charge in [-0.1, -0.05) is 19.1 Å². The van der Waals surface area contributed by atoms with Gasteiger partial charge in [-0.3, -0.25) is 4.90 Å². The normalized spacial score (nSPS) is 25.3. The third-order valence-corrected chi connectivity index (χ3v) is 3.39. The molecule has 1 aromatic rings. The predicted molar refractivity (Wildman–Crippen MR) is 70.1 cm³/mol. The summed E-state index contributed by atoms with van der Waals surface area (Å²) in [5, 5.41) is 3.31. The van der Waals surface area contributed by atoms with E-state index in [1.807, 2.05) is 6.07 Å². The van der Waals surface area contributed by atoms with Crippen molar-refractivity contribution in [2.45, 2.75) is 19.1 Å². The Morgan fingerprint density at radius 2 is 2.33 bits per heavy atom. The Hall–Kier alpha value is -0.970. The van der Waals surface area contributed by atoms with Crippen LogP contribution in [0.2, 0.25) is 0 Å². The lowest BCUT2D eigenvalue weighted by molar-refractivity contribution is -0.0612. The molecule has 0 aromatic heterocycles. The van der Waals surface area contributed by atoms with Gasteiger partial charge in [-0.2, -0.15) is 0 Å². The number of nitrogens with zero attached hydrogens (tertiary/aromatic N) is 1. The summed E-state index contributed by atoms with van der Waals surface area (Å²) in [5.41, 5.74) is 0.986. The van der Waals surface area contributed by atoms with Crippen LogP contribution < -0.4 is 5.32 Å². The minimum absolute atomic E-state index is 0.0745. The van der Waals surface area contributed by atoms with Gasteiger partial charge in [0.15, 0.2) is 0 Å². The number of rotatable bonds is 4. The molecule has 1 aliphatic heterocycles. The Labute approximate surface area is 108 Å². The highest BCUT2D eigenvalue weighted by molar-refractivity contribution is 5.22. The largest absolute Gasteiger partial charge is 0.374 e. The van der Waals surface area contributed by atoms with Crippen LogP contribution in [0.25, 0.3) is 0 Å². The van der Waals surface area contributed by atoms with Gasteiger partial charge in [0, 0.05) is 13.1 Å². The molecule has 1 N–H and O–H groups in total. The van der Waals surface area contributed by atoms with Crippen molar-refractivity contribution in [3.63, 3.8) is 0 Å². The maximum Gasteiger partial charge on any atom is 0.123 e. The van der Waals surface area contributed by atoms with Crippen molar-refractivity contribution in [3.05, 3.63) is 35.6 Å². The standard InChI is InChI=1S/C14H21FN2O/c1-3-16-10-13-14(17(2)7-8-18-13)11-5-4-6-12(15)9-11/h4-6,9,13-14,16H,3,7-8,10H2,1-2H3. The van der Waals surface area contributed by atoms with E-state index in [2.05, 4.69) is 24.2 Å². The lowest BCUT2D eigenvalue weighted by atomic mass is 9.98. The van der Waals surface area contributed by atoms with Crippen LogP contribution in [0, 0.1) is 5.82 Å². The summed E-state index contributed by atoms with van der Waals surface area (Å²) in [6.07, 6.45) is 0.0745. The fourth-order valence-electron chi connectivity index (χ4n) is 2.48. The molecular weight excluding hydrogens is 231 g/mol. The van der Waals surface area contributed by atoms with Gasteiger partial charge in [0.1, 0.15) is 5.82 Å². The maximum absolute atomic E-state index is 13.4. The van der Waals surface area contributed by atoms with Crippen LogP contribution in [0.15, 0.2) is 24.3 Å². The molecule has 1 heterocycles. The van der Waals surface area contributed by atoms with E-state index in [1.165, 1.54) is 6.07 Å². The first kappa shape index (κ1) is 13.5. The zero-order chi connectivity index (χ0) is 13.0. The number of hydrogen-bond acceptors (Lipinski definition) is 3. The summed E-state index contributed by atoms with van der Waals surface area (Å²) >= 11 is 0. The number of likely N-dealkylation sites (N-methyl/N-ethyl adjacent to an activating group) is 2. The molecule has 2 unspecified atom stereocenters. The molecule has 1 aromatic carbocycles. The second-order valence-electron chi connectivity index (χ2n) is 4.70. The van der Waals surface area contributed by atoms with Crippen molar-refractivity contribution in [1.82, 2.24) is 10.2 Å². The summed E-state index contributed by atoms with van der Waals surface area (Å²) in [6.45, 7) is 5.40. The van der Waals surface area contributed by atoms with Crippen LogP contribution in [-0.2, 0) is 4.74 Å². The molecule has 2 atom stereocenters. The minimum atomic E-state index is -0.186. The van der Waals surface area contributed by atoms with E-state index in [0.717, 1.165) is 31.8 Å². The highest BCUT2D eigenvalue weighted by atomic mass is 19.1. The molecule has 0 spiro atoms. The lowest BCUT2D eigenvalue weighted by Gasteiger charge is -2.39. The Balaban J connectivity index is 2.18. The summed E-state index contributed by atoms with van der Waals surface area (Å²) in [7, 11) is 2.07. The number of morpholine rings is 1. The zero-order valence-corrected chi connectivity index (χ0v) is 11.0. The predicted octanol–water partition coefficient (Wildman–Crippen LogP) is 1.81. The van der Waals surface area contributed by atoms with Crippen LogP contribution in [0.4, 0.5) is 4.39 Å². The van der Waals surface area contributed by atoms with Gasteiger partial charge in [-0.15, -0.1) is 0 Å². The molecule has 0 saturated carbocycles. The van der Waals surface area contributed by atoms with Crippen LogP contribution in [0.1, 0.15) is 18.5 Å². The molecule has 0 bridgehead atoms. The molecule has 2 rings (SSSR count). The number of benzene rings is 1. The van der Waals surface area contributed by atoms with E-state index in [0.29, 0.717) is 0 Å². The Bertz CT molecular complexity index is 386. The first-order chi connectivity index (χ1) is 8.72. The van der Waals surface area contributed by atoms with Gasteiger partial charge in [0.2, 0.25) is 0 Å². The second-order valence-corrected chi connectivity index (χ2v) is 4.70. The molecule has 3 nitrogen and oxygen atoms in total. The van der Waals surface area contributed by atoms with Gasteiger partial charge in [-0.05, 0) is 31.3 Å². The Morgan fingerprint density at radius 1 is 1.50 bits per heavy atom. The lowest BCUT2D eigenvalue weighted by Crippen LogP contribution is -2.47. The van der Waals surface area contributed by atoms with E-state index in [4.69, 9.17) is 4.74 Å². The molecule has 0 radical (unpaired) electrons. The van der Waals surface area contributed by atoms with E-state index in [1.54, 1.807) is 12.1 Å². The van der Waals surface area contributed by atoms with Crippen molar-refractivity contribution in [2.75, 3.05) is 33.3 Å². The first-order valence-corrected chi connectivity index (χ1v) is 6.50. The van der Waals surface area contributed by atoms with E-state index in [-0.39, 0.29) is 18.0 Å². The van der Waals surface area contributed by atoms with Crippen LogP contribution in [0.3, 0.4) is 0 Å². The van der Waals surface area contributed by atoms with Crippen molar-refractivity contribution in [1.29, 1.82) is 0 Å². The summed E-state index contributed by atoms with van der Waals surface area (Å²) < 4.78 is 19.2. The van der Waals surface area contributed by atoms with Crippen LogP contribution in [-0.4, -0.2) is 44.3 Å². The second kappa shape index (κ2) is 6.27. The number of ether oxygens (including phenoxy) is 1. The van der Waals surface area contributed by atoms with E-state index in [9.17, 15) is 4.39 Å². The van der Waals surface area contributed by atoms with Crippen molar-refractivity contribution >= 4 is 0 Å². The van der Waals surface area contributed by atoms with Crippen molar-refractivity contribution in [3.8, 4) is 0 Å². The first-order valence-electron chi connectivity index (χ1n) is 6.50. The fraction of sp³-hybridized carbons (Fsp3) is 0.571. The van der Waals surface area contributed by atoms with Gasteiger partial charge in [0.05, 0.1) is 18.8 Å². The molecule has 1 saturated heterocycles. The number of halogens is 1. The monoisotopic (exact) mass is 252 g/mol. The Morgan fingerprint density at radius 3 is 3.06 bits per heavy atom. The molecule has 1 aliphatic rings. The summed E-state index contributed by atoms with van der Waals surface area (Å²) in [4.78, 5) is 2.24.